The molecule has 0 saturated carbocycles. The first-order valence-corrected chi connectivity index (χ1v) is 8.89. The van der Waals surface area contributed by atoms with Gasteiger partial charge in [0.05, 0.1) is 6.26 Å². The maximum Gasteiger partial charge on any atom is 0.133 e. The highest BCUT2D eigenvalue weighted by Gasteiger charge is 2.28. The van der Waals surface area contributed by atoms with Crippen LogP contribution in [0.5, 0.6) is 0 Å². The van der Waals surface area contributed by atoms with Gasteiger partial charge in [0, 0.05) is 50.4 Å². The molecule has 130 valence electrons. The summed E-state index contributed by atoms with van der Waals surface area (Å²) in [5, 5.41) is 9.38. The average molecular weight is 328 g/mol. The van der Waals surface area contributed by atoms with Crippen LogP contribution in [0.4, 0.5) is 0 Å². The van der Waals surface area contributed by atoms with Gasteiger partial charge in [-0.1, -0.05) is 18.2 Å². The number of piperazine rings is 1. The summed E-state index contributed by atoms with van der Waals surface area (Å²) in [6.07, 6.45) is 2.56. The molecule has 1 aliphatic heterocycles. The van der Waals surface area contributed by atoms with Crippen molar-refractivity contribution in [2.45, 2.75) is 38.9 Å². The number of hydrogen-bond acceptors (Lipinski definition) is 4. The Morgan fingerprint density at radius 2 is 2.08 bits per heavy atom. The van der Waals surface area contributed by atoms with Gasteiger partial charge in [-0.05, 0) is 44.0 Å². The third-order valence-electron chi connectivity index (χ3n) is 4.88. The molecule has 0 aliphatic carbocycles. The lowest BCUT2D eigenvalue weighted by molar-refractivity contribution is 0.0349. The third kappa shape index (κ3) is 4.07. The first-order valence-electron chi connectivity index (χ1n) is 8.89. The highest BCUT2D eigenvalue weighted by Crippen LogP contribution is 2.23. The zero-order chi connectivity index (χ0) is 16.9. The number of rotatable bonds is 6. The van der Waals surface area contributed by atoms with Crippen molar-refractivity contribution >= 4 is 0 Å². The fourth-order valence-corrected chi connectivity index (χ4v) is 3.69. The van der Waals surface area contributed by atoms with Gasteiger partial charge in [0.15, 0.2) is 0 Å². The van der Waals surface area contributed by atoms with Crippen molar-refractivity contribution in [3.8, 4) is 11.3 Å². The topological polar surface area (TPSA) is 39.9 Å². The van der Waals surface area contributed by atoms with Gasteiger partial charge >= 0.3 is 0 Å². The van der Waals surface area contributed by atoms with Crippen LogP contribution in [0.15, 0.2) is 47.1 Å². The van der Waals surface area contributed by atoms with Crippen molar-refractivity contribution in [2.75, 3.05) is 26.2 Å². The number of aliphatic hydroxyl groups is 1. The van der Waals surface area contributed by atoms with Gasteiger partial charge in [0.25, 0.3) is 0 Å². The van der Waals surface area contributed by atoms with Crippen molar-refractivity contribution < 1.29 is 9.52 Å². The quantitative estimate of drug-likeness (QED) is 0.884. The highest BCUT2D eigenvalue weighted by molar-refractivity contribution is 5.58. The van der Waals surface area contributed by atoms with E-state index in [1.807, 2.05) is 12.1 Å². The molecule has 1 aromatic heterocycles. The molecule has 4 nitrogen and oxygen atoms in total. The monoisotopic (exact) mass is 328 g/mol. The van der Waals surface area contributed by atoms with E-state index in [1.165, 1.54) is 5.56 Å². The molecular formula is C20H28N2O2. The van der Waals surface area contributed by atoms with Crippen LogP contribution in [-0.4, -0.2) is 53.2 Å². The first kappa shape index (κ1) is 17.2. The Hall–Kier alpha value is -1.62. The summed E-state index contributed by atoms with van der Waals surface area (Å²) < 4.78 is 5.51. The van der Waals surface area contributed by atoms with Crippen molar-refractivity contribution in [3.05, 3.63) is 48.2 Å². The lowest BCUT2D eigenvalue weighted by atomic mass is 10.0. The number of benzene rings is 1. The van der Waals surface area contributed by atoms with Gasteiger partial charge < -0.3 is 9.52 Å². The summed E-state index contributed by atoms with van der Waals surface area (Å²) in [5.41, 5.74) is 2.44. The van der Waals surface area contributed by atoms with Crippen LogP contribution >= 0.6 is 0 Å². The van der Waals surface area contributed by atoms with Crippen molar-refractivity contribution in [1.82, 2.24) is 9.80 Å². The minimum absolute atomic E-state index is 0.260. The first-order chi connectivity index (χ1) is 11.7. The predicted octanol–water partition coefficient (Wildman–Crippen LogP) is 3.22. The van der Waals surface area contributed by atoms with E-state index in [1.54, 1.807) is 6.26 Å². The van der Waals surface area contributed by atoms with E-state index < -0.39 is 0 Å². The summed E-state index contributed by atoms with van der Waals surface area (Å²) in [7, 11) is 0. The normalized spacial score (nSPS) is 19.9. The van der Waals surface area contributed by atoms with Gasteiger partial charge in [-0.25, -0.2) is 0 Å². The van der Waals surface area contributed by atoms with E-state index in [2.05, 4.69) is 47.9 Å². The Morgan fingerprint density at radius 3 is 2.79 bits per heavy atom. The lowest BCUT2D eigenvalue weighted by Crippen LogP contribution is -2.55. The standard InChI is InChI=1S/C20H28N2O2/c1-16(2)22-10-9-21(15-19(22)8-11-23)14-17-5-3-6-18(13-17)20-7-4-12-24-20/h3-7,12-13,16,19,23H,8-11,14-15H2,1-2H3/t19-/m1/s1. The average Bonchev–Trinajstić information content (AvgIpc) is 3.10. The lowest BCUT2D eigenvalue weighted by Gasteiger charge is -2.43. The van der Waals surface area contributed by atoms with Crippen molar-refractivity contribution in [2.24, 2.45) is 0 Å². The predicted molar refractivity (Wildman–Crippen MR) is 96.8 cm³/mol. The van der Waals surface area contributed by atoms with Gasteiger partial charge in [-0.2, -0.15) is 0 Å². The molecule has 1 saturated heterocycles. The van der Waals surface area contributed by atoms with E-state index in [4.69, 9.17) is 4.42 Å². The van der Waals surface area contributed by atoms with Gasteiger partial charge in [-0.3, -0.25) is 9.80 Å². The Labute approximate surface area is 144 Å². The highest BCUT2D eigenvalue weighted by atomic mass is 16.3. The van der Waals surface area contributed by atoms with E-state index in [9.17, 15) is 5.11 Å². The van der Waals surface area contributed by atoms with Crippen LogP contribution in [0, 0.1) is 0 Å². The zero-order valence-electron chi connectivity index (χ0n) is 14.7. The van der Waals surface area contributed by atoms with Gasteiger partial charge in [-0.15, -0.1) is 0 Å². The SMILES string of the molecule is CC(C)N1CCN(Cc2cccc(-c3ccco3)c2)C[C@H]1CCO. The fourth-order valence-electron chi connectivity index (χ4n) is 3.69. The second-order valence-electron chi connectivity index (χ2n) is 6.91. The molecule has 4 heteroatoms. The van der Waals surface area contributed by atoms with Gasteiger partial charge in [0.1, 0.15) is 5.76 Å². The molecule has 1 fully saturated rings. The zero-order valence-corrected chi connectivity index (χ0v) is 14.7. The van der Waals surface area contributed by atoms with Crippen LogP contribution in [0.25, 0.3) is 11.3 Å². The van der Waals surface area contributed by atoms with Crippen LogP contribution in [0.2, 0.25) is 0 Å². The van der Waals surface area contributed by atoms with Gasteiger partial charge in [0.2, 0.25) is 0 Å². The summed E-state index contributed by atoms with van der Waals surface area (Å²) in [6, 6.07) is 13.5. The Bertz CT molecular complexity index is 624. The summed E-state index contributed by atoms with van der Waals surface area (Å²) in [6.45, 7) is 8.85. The molecule has 0 bridgehead atoms. The molecule has 0 spiro atoms. The molecule has 3 rings (SSSR count). The van der Waals surface area contributed by atoms with E-state index in [0.717, 1.165) is 43.9 Å². The smallest absolute Gasteiger partial charge is 0.133 e. The molecule has 2 aromatic rings. The number of furan rings is 1. The molecule has 24 heavy (non-hydrogen) atoms. The molecule has 0 unspecified atom stereocenters. The number of hydrogen-bond donors (Lipinski definition) is 1. The Balaban J connectivity index is 1.67. The van der Waals surface area contributed by atoms with E-state index in [0.29, 0.717) is 12.1 Å². The number of aliphatic hydroxyl groups excluding tert-OH is 1. The second-order valence-corrected chi connectivity index (χ2v) is 6.91. The molecule has 0 amide bonds. The van der Waals surface area contributed by atoms with Crippen LogP contribution in [0.1, 0.15) is 25.8 Å². The minimum atomic E-state index is 0.260. The van der Waals surface area contributed by atoms with Crippen molar-refractivity contribution in [1.29, 1.82) is 0 Å². The molecule has 1 atom stereocenters. The summed E-state index contributed by atoms with van der Waals surface area (Å²) in [5.74, 6) is 0.916. The summed E-state index contributed by atoms with van der Waals surface area (Å²) >= 11 is 0. The third-order valence-corrected chi connectivity index (χ3v) is 4.88. The largest absolute Gasteiger partial charge is 0.464 e. The maximum absolute atomic E-state index is 9.38. The molecule has 1 aliphatic rings. The van der Waals surface area contributed by atoms with Crippen molar-refractivity contribution in [3.63, 3.8) is 0 Å². The van der Waals surface area contributed by atoms with E-state index in [-0.39, 0.29) is 6.61 Å². The molecule has 1 N–H and O–H groups in total. The second kappa shape index (κ2) is 7.97. The van der Waals surface area contributed by atoms with Crippen LogP contribution in [-0.2, 0) is 6.54 Å². The Morgan fingerprint density at radius 1 is 1.21 bits per heavy atom. The molecule has 0 radical (unpaired) electrons. The molecular weight excluding hydrogens is 300 g/mol. The maximum atomic E-state index is 9.38. The Kier molecular flexibility index (Phi) is 5.72. The van der Waals surface area contributed by atoms with Crippen LogP contribution < -0.4 is 0 Å². The van der Waals surface area contributed by atoms with E-state index >= 15 is 0 Å². The fraction of sp³-hybridized carbons (Fsp3) is 0.500. The minimum Gasteiger partial charge on any atom is -0.464 e. The summed E-state index contributed by atoms with van der Waals surface area (Å²) in [4.78, 5) is 5.02. The molecule has 2 heterocycles. The van der Waals surface area contributed by atoms with Crippen LogP contribution in [0.3, 0.4) is 0 Å². The molecule has 1 aromatic carbocycles. The number of nitrogens with zero attached hydrogens (tertiary/aromatic N) is 2.